The van der Waals surface area contributed by atoms with Crippen molar-refractivity contribution in [1.82, 2.24) is 4.98 Å². The molecule has 0 spiro atoms. The van der Waals surface area contributed by atoms with Crippen molar-refractivity contribution in [2.75, 3.05) is 0 Å². The Labute approximate surface area is 117 Å². The lowest BCUT2D eigenvalue weighted by Crippen LogP contribution is -2.00. The highest BCUT2D eigenvalue weighted by Gasteiger charge is 2.04. The third-order valence-corrected chi connectivity index (χ3v) is 3.77. The Kier molecular flexibility index (Phi) is 4.56. The minimum atomic E-state index is -0.235. The van der Waals surface area contributed by atoms with Gasteiger partial charge in [-0.25, -0.2) is 9.37 Å². The Hall–Kier alpha value is -1.39. The number of nitrogens with two attached hydrogens (primary N) is 1. The van der Waals surface area contributed by atoms with Gasteiger partial charge < -0.3 is 5.73 Å². The largest absolute Gasteiger partial charge is 0.326 e. The summed E-state index contributed by atoms with van der Waals surface area (Å²) in [5.74, 6) is 0.532. The molecule has 0 saturated carbocycles. The summed E-state index contributed by atoms with van der Waals surface area (Å²) in [6.07, 6.45) is 0. The van der Waals surface area contributed by atoms with Crippen molar-refractivity contribution in [2.45, 2.75) is 31.2 Å². The summed E-state index contributed by atoms with van der Waals surface area (Å²) in [5.41, 5.74) is 9.35. The monoisotopic (exact) mass is 276 g/mol. The molecule has 0 aliphatic rings. The fourth-order valence-corrected chi connectivity index (χ4v) is 2.88. The minimum absolute atomic E-state index is 0.228. The van der Waals surface area contributed by atoms with Gasteiger partial charge in [-0.2, -0.15) is 0 Å². The van der Waals surface area contributed by atoms with Crippen LogP contribution >= 0.6 is 11.8 Å². The number of halogens is 1. The lowest BCUT2D eigenvalue weighted by molar-refractivity contribution is 0.610. The second-order valence-corrected chi connectivity index (χ2v) is 5.54. The van der Waals surface area contributed by atoms with Gasteiger partial charge in [0, 0.05) is 23.6 Å². The molecule has 0 aliphatic heterocycles. The van der Waals surface area contributed by atoms with E-state index in [9.17, 15) is 4.39 Å². The number of benzene rings is 1. The van der Waals surface area contributed by atoms with Crippen LogP contribution in [0.4, 0.5) is 4.39 Å². The maximum absolute atomic E-state index is 13.3. The van der Waals surface area contributed by atoms with Gasteiger partial charge in [-0.15, -0.1) is 11.8 Å². The topological polar surface area (TPSA) is 38.9 Å². The summed E-state index contributed by atoms with van der Waals surface area (Å²) >= 11 is 1.65. The molecule has 100 valence electrons. The van der Waals surface area contributed by atoms with E-state index in [2.05, 4.69) is 24.0 Å². The van der Waals surface area contributed by atoms with E-state index in [1.807, 2.05) is 13.0 Å². The van der Waals surface area contributed by atoms with E-state index in [-0.39, 0.29) is 12.4 Å². The zero-order chi connectivity index (χ0) is 13.8. The van der Waals surface area contributed by atoms with Crippen LogP contribution in [0.1, 0.15) is 22.4 Å². The van der Waals surface area contributed by atoms with Gasteiger partial charge >= 0.3 is 0 Å². The Morgan fingerprint density at radius 2 is 2.00 bits per heavy atom. The molecule has 4 heteroatoms. The van der Waals surface area contributed by atoms with Gasteiger partial charge in [-0.3, -0.25) is 0 Å². The van der Waals surface area contributed by atoms with E-state index in [0.717, 1.165) is 22.0 Å². The zero-order valence-electron chi connectivity index (χ0n) is 11.1. The van der Waals surface area contributed by atoms with E-state index in [1.165, 1.54) is 11.6 Å². The lowest BCUT2D eigenvalue weighted by atomic mass is 10.1. The van der Waals surface area contributed by atoms with Crippen LogP contribution in [-0.2, 0) is 12.3 Å². The number of rotatable bonds is 4. The number of aryl methyl sites for hydroxylation is 2. The molecule has 19 heavy (non-hydrogen) atoms. The quantitative estimate of drug-likeness (QED) is 0.867. The molecular formula is C15H17FN2S. The first-order chi connectivity index (χ1) is 9.08. The van der Waals surface area contributed by atoms with Crippen molar-refractivity contribution >= 4 is 11.8 Å². The van der Waals surface area contributed by atoms with Crippen molar-refractivity contribution in [3.05, 3.63) is 58.5 Å². The molecule has 0 bridgehead atoms. The van der Waals surface area contributed by atoms with Gasteiger partial charge in [0.1, 0.15) is 5.82 Å². The fraction of sp³-hybridized carbons (Fsp3) is 0.267. The van der Waals surface area contributed by atoms with E-state index < -0.39 is 0 Å². The highest BCUT2D eigenvalue weighted by atomic mass is 32.2. The smallest absolute Gasteiger partial charge is 0.127 e. The van der Waals surface area contributed by atoms with Gasteiger partial charge in [0.25, 0.3) is 0 Å². The normalized spacial score (nSPS) is 10.7. The standard InChI is InChI=1S/C15H17FN2S/c1-10-5-11(2)18-15(6-10)19-9-12-3-4-14(16)13(7-12)8-17/h3-7H,8-9,17H2,1-2H3. The van der Waals surface area contributed by atoms with E-state index in [0.29, 0.717) is 5.56 Å². The number of pyridine rings is 1. The fourth-order valence-electron chi connectivity index (χ4n) is 1.91. The lowest BCUT2D eigenvalue weighted by Gasteiger charge is -2.06. The van der Waals surface area contributed by atoms with Crippen LogP contribution in [0.15, 0.2) is 35.4 Å². The van der Waals surface area contributed by atoms with Crippen LogP contribution in [0.2, 0.25) is 0 Å². The van der Waals surface area contributed by atoms with Crippen molar-refractivity contribution in [1.29, 1.82) is 0 Å². The first-order valence-electron chi connectivity index (χ1n) is 6.14. The Bertz CT molecular complexity index is 564. The first-order valence-corrected chi connectivity index (χ1v) is 7.12. The van der Waals surface area contributed by atoms with Crippen LogP contribution in [0.5, 0.6) is 0 Å². The molecule has 1 aromatic heterocycles. The van der Waals surface area contributed by atoms with E-state index in [4.69, 9.17) is 5.73 Å². The average Bonchev–Trinajstić information content (AvgIpc) is 2.36. The van der Waals surface area contributed by atoms with Crippen molar-refractivity contribution in [3.8, 4) is 0 Å². The summed E-state index contributed by atoms with van der Waals surface area (Å²) in [4.78, 5) is 4.47. The number of hydrogen-bond donors (Lipinski definition) is 1. The molecule has 0 fully saturated rings. The molecule has 2 N–H and O–H groups in total. The van der Waals surface area contributed by atoms with Crippen LogP contribution < -0.4 is 5.73 Å². The molecule has 0 amide bonds. The maximum Gasteiger partial charge on any atom is 0.127 e. The molecule has 1 heterocycles. The Balaban J connectivity index is 2.10. The minimum Gasteiger partial charge on any atom is -0.326 e. The molecule has 0 unspecified atom stereocenters. The predicted molar refractivity (Wildman–Crippen MR) is 77.6 cm³/mol. The number of aromatic nitrogens is 1. The summed E-state index contributed by atoms with van der Waals surface area (Å²) in [7, 11) is 0. The average molecular weight is 276 g/mol. The van der Waals surface area contributed by atoms with Crippen molar-refractivity contribution in [3.63, 3.8) is 0 Å². The van der Waals surface area contributed by atoms with Crippen LogP contribution in [-0.4, -0.2) is 4.98 Å². The summed E-state index contributed by atoms with van der Waals surface area (Å²) in [6, 6.07) is 9.21. The van der Waals surface area contributed by atoms with Gasteiger partial charge in [0.2, 0.25) is 0 Å². The van der Waals surface area contributed by atoms with Crippen LogP contribution in [0.3, 0.4) is 0 Å². The van der Waals surface area contributed by atoms with Crippen LogP contribution in [0, 0.1) is 19.7 Å². The molecular weight excluding hydrogens is 259 g/mol. The second kappa shape index (κ2) is 6.17. The zero-order valence-corrected chi connectivity index (χ0v) is 11.9. The van der Waals surface area contributed by atoms with Gasteiger partial charge in [-0.05, 0) is 43.2 Å². The first kappa shape index (κ1) is 14.0. The molecule has 0 radical (unpaired) electrons. The van der Waals surface area contributed by atoms with Gasteiger partial charge in [0.05, 0.1) is 5.03 Å². The van der Waals surface area contributed by atoms with Crippen LogP contribution in [0.25, 0.3) is 0 Å². The number of thioether (sulfide) groups is 1. The number of nitrogens with zero attached hydrogens (tertiary/aromatic N) is 1. The predicted octanol–water partition coefficient (Wildman–Crippen LogP) is 3.59. The van der Waals surface area contributed by atoms with E-state index in [1.54, 1.807) is 17.8 Å². The Morgan fingerprint density at radius 3 is 2.68 bits per heavy atom. The van der Waals surface area contributed by atoms with Crippen molar-refractivity contribution in [2.24, 2.45) is 5.73 Å². The molecule has 0 atom stereocenters. The van der Waals surface area contributed by atoms with Gasteiger partial charge in [-0.1, -0.05) is 12.1 Å². The number of hydrogen-bond acceptors (Lipinski definition) is 3. The molecule has 2 aromatic rings. The molecule has 0 aliphatic carbocycles. The summed E-state index contributed by atoms with van der Waals surface area (Å²) in [6.45, 7) is 4.27. The second-order valence-electron chi connectivity index (χ2n) is 4.54. The maximum atomic E-state index is 13.3. The van der Waals surface area contributed by atoms with E-state index >= 15 is 0 Å². The molecule has 1 aromatic carbocycles. The SMILES string of the molecule is Cc1cc(C)nc(SCc2ccc(F)c(CN)c2)c1. The third-order valence-electron chi connectivity index (χ3n) is 2.79. The highest BCUT2D eigenvalue weighted by Crippen LogP contribution is 2.23. The third kappa shape index (κ3) is 3.78. The molecule has 0 saturated heterocycles. The summed E-state index contributed by atoms with van der Waals surface area (Å²) < 4.78 is 13.3. The summed E-state index contributed by atoms with van der Waals surface area (Å²) in [5, 5.41) is 0.996. The molecule has 2 rings (SSSR count). The van der Waals surface area contributed by atoms with Crippen molar-refractivity contribution < 1.29 is 4.39 Å². The molecule has 2 nitrogen and oxygen atoms in total. The highest BCUT2D eigenvalue weighted by molar-refractivity contribution is 7.98. The Morgan fingerprint density at radius 1 is 1.21 bits per heavy atom. The van der Waals surface area contributed by atoms with Gasteiger partial charge in [0.15, 0.2) is 0 Å².